The zero-order valence-electron chi connectivity index (χ0n) is 8.51. The zero-order chi connectivity index (χ0) is 10.8. The highest BCUT2D eigenvalue weighted by atomic mass is 16.5. The first-order chi connectivity index (χ1) is 7.18. The van der Waals surface area contributed by atoms with Crippen LogP contribution in [0.2, 0.25) is 0 Å². The van der Waals surface area contributed by atoms with Crippen molar-refractivity contribution >= 4 is 11.6 Å². The summed E-state index contributed by atoms with van der Waals surface area (Å²) >= 11 is 0. The van der Waals surface area contributed by atoms with Crippen molar-refractivity contribution in [3.8, 4) is 5.75 Å². The minimum absolute atomic E-state index is 0.0454. The number of β-amino-alcohol motifs (C(OH)–C–C–N with tert-alkyl or cyclic N) is 1. The van der Waals surface area contributed by atoms with Gasteiger partial charge in [-0.25, -0.2) is 0 Å². The van der Waals surface area contributed by atoms with Crippen molar-refractivity contribution in [2.45, 2.75) is 13.0 Å². The molecule has 0 radical (unpaired) electrons. The first kappa shape index (κ1) is 9.98. The molecule has 1 aromatic rings. The summed E-state index contributed by atoms with van der Waals surface area (Å²) in [5, 5.41) is 9.31. The third-order valence-electron chi connectivity index (χ3n) is 2.26. The lowest BCUT2D eigenvalue weighted by Gasteiger charge is -2.30. The first-order valence-corrected chi connectivity index (χ1v) is 4.89. The average Bonchev–Trinajstić information content (AvgIpc) is 2.22. The lowest BCUT2D eigenvalue weighted by Crippen LogP contribution is -2.42. The van der Waals surface area contributed by atoms with Gasteiger partial charge in [0, 0.05) is 0 Å². The lowest BCUT2D eigenvalue weighted by atomic mass is 10.2. The Morgan fingerprint density at radius 1 is 1.53 bits per heavy atom. The zero-order valence-corrected chi connectivity index (χ0v) is 8.51. The summed E-state index contributed by atoms with van der Waals surface area (Å²) in [5.74, 6) is 0.576. The van der Waals surface area contributed by atoms with Gasteiger partial charge in [-0.3, -0.25) is 4.79 Å². The third kappa shape index (κ3) is 1.94. The molecule has 1 amide bonds. The van der Waals surface area contributed by atoms with Crippen LogP contribution >= 0.6 is 0 Å². The molecular formula is C11H13NO3. The van der Waals surface area contributed by atoms with Gasteiger partial charge in [0.15, 0.2) is 6.61 Å². The molecule has 0 spiro atoms. The summed E-state index contributed by atoms with van der Waals surface area (Å²) in [6.07, 6.45) is -0.542. The summed E-state index contributed by atoms with van der Waals surface area (Å²) in [6, 6.07) is 7.33. The SMILES string of the molecule is C[C@H](O)CN1C(=O)COc2ccccc21. The van der Waals surface area contributed by atoms with E-state index in [9.17, 15) is 9.90 Å². The molecule has 0 unspecified atom stereocenters. The van der Waals surface area contributed by atoms with Gasteiger partial charge in [-0.05, 0) is 19.1 Å². The van der Waals surface area contributed by atoms with Crippen molar-refractivity contribution in [1.82, 2.24) is 0 Å². The molecule has 1 heterocycles. The van der Waals surface area contributed by atoms with Crippen molar-refractivity contribution in [3.05, 3.63) is 24.3 Å². The number of carbonyl (C=O) groups excluding carboxylic acids is 1. The van der Waals surface area contributed by atoms with Crippen LogP contribution in [0.5, 0.6) is 5.75 Å². The maximum atomic E-state index is 11.6. The lowest BCUT2D eigenvalue weighted by molar-refractivity contribution is -0.121. The normalized spacial score (nSPS) is 16.9. The van der Waals surface area contributed by atoms with E-state index in [1.165, 1.54) is 0 Å². The number of benzene rings is 1. The van der Waals surface area contributed by atoms with Crippen LogP contribution in [0.25, 0.3) is 0 Å². The molecule has 1 aliphatic heterocycles. The van der Waals surface area contributed by atoms with Gasteiger partial charge in [0.05, 0.1) is 18.3 Å². The van der Waals surface area contributed by atoms with Gasteiger partial charge in [-0.2, -0.15) is 0 Å². The van der Waals surface area contributed by atoms with Crippen molar-refractivity contribution in [2.24, 2.45) is 0 Å². The predicted octanol–water partition coefficient (Wildman–Crippen LogP) is 0.793. The highest BCUT2D eigenvalue weighted by Crippen LogP contribution is 2.31. The Balaban J connectivity index is 2.33. The Kier molecular flexibility index (Phi) is 2.60. The monoisotopic (exact) mass is 207 g/mol. The second kappa shape index (κ2) is 3.90. The second-order valence-electron chi connectivity index (χ2n) is 3.61. The molecule has 0 aliphatic carbocycles. The van der Waals surface area contributed by atoms with Gasteiger partial charge in [-0.15, -0.1) is 0 Å². The molecule has 0 bridgehead atoms. The van der Waals surface area contributed by atoms with Gasteiger partial charge in [-0.1, -0.05) is 12.1 Å². The Labute approximate surface area is 88.1 Å². The number of carbonyl (C=O) groups is 1. The number of aliphatic hydroxyl groups is 1. The van der Waals surface area contributed by atoms with Crippen LogP contribution in [-0.2, 0) is 4.79 Å². The first-order valence-electron chi connectivity index (χ1n) is 4.89. The molecule has 0 saturated carbocycles. The Morgan fingerprint density at radius 2 is 2.27 bits per heavy atom. The largest absolute Gasteiger partial charge is 0.482 e. The fourth-order valence-electron chi connectivity index (χ4n) is 1.62. The molecule has 2 rings (SSSR count). The van der Waals surface area contributed by atoms with Gasteiger partial charge >= 0.3 is 0 Å². The molecule has 15 heavy (non-hydrogen) atoms. The highest BCUT2D eigenvalue weighted by molar-refractivity contribution is 5.97. The topological polar surface area (TPSA) is 49.8 Å². The number of fused-ring (bicyclic) bond motifs is 1. The molecule has 1 aromatic carbocycles. The van der Waals surface area contributed by atoms with Crippen LogP contribution in [0.1, 0.15) is 6.92 Å². The van der Waals surface area contributed by atoms with Crippen LogP contribution in [0, 0.1) is 0 Å². The Bertz CT molecular complexity index is 376. The van der Waals surface area contributed by atoms with Crippen molar-refractivity contribution in [1.29, 1.82) is 0 Å². The molecule has 1 N–H and O–H groups in total. The molecule has 1 atom stereocenters. The number of hydrogen-bond donors (Lipinski definition) is 1. The van der Waals surface area contributed by atoms with Gasteiger partial charge in [0.2, 0.25) is 0 Å². The van der Waals surface area contributed by atoms with E-state index in [4.69, 9.17) is 4.74 Å². The number of nitrogens with zero attached hydrogens (tertiary/aromatic N) is 1. The van der Waals surface area contributed by atoms with Crippen molar-refractivity contribution < 1.29 is 14.6 Å². The molecule has 4 heteroatoms. The summed E-state index contributed by atoms with van der Waals surface area (Å²) in [6.45, 7) is 2.01. The van der Waals surface area contributed by atoms with E-state index >= 15 is 0 Å². The molecule has 0 fully saturated rings. The van der Waals surface area contributed by atoms with E-state index in [0.29, 0.717) is 12.3 Å². The van der Waals surface area contributed by atoms with E-state index in [2.05, 4.69) is 0 Å². The number of amides is 1. The van der Waals surface area contributed by atoms with Gasteiger partial charge in [0.25, 0.3) is 5.91 Å². The summed E-state index contributed by atoms with van der Waals surface area (Å²) in [7, 11) is 0. The van der Waals surface area contributed by atoms with E-state index in [-0.39, 0.29) is 12.5 Å². The standard InChI is InChI=1S/C11H13NO3/c1-8(13)6-12-9-4-2-3-5-10(9)15-7-11(12)14/h2-5,8,13H,6-7H2,1H3/t8-/m0/s1. The fourth-order valence-corrected chi connectivity index (χ4v) is 1.62. The smallest absolute Gasteiger partial charge is 0.265 e. The number of ether oxygens (including phenoxy) is 1. The van der Waals surface area contributed by atoms with E-state index in [0.717, 1.165) is 5.69 Å². The molecule has 0 aromatic heterocycles. The van der Waals surface area contributed by atoms with E-state index in [1.807, 2.05) is 24.3 Å². The second-order valence-corrected chi connectivity index (χ2v) is 3.61. The minimum Gasteiger partial charge on any atom is -0.482 e. The van der Waals surface area contributed by atoms with Crippen LogP contribution in [-0.4, -0.2) is 30.3 Å². The van der Waals surface area contributed by atoms with Crippen LogP contribution in [0.15, 0.2) is 24.3 Å². The van der Waals surface area contributed by atoms with Gasteiger partial charge in [0.1, 0.15) is 5.75 Å². The Morgan fingerprint density at radius 3 is 3.00 bits per heavy atom. The molecular weight excluding hydrogens is 194 g/mol. The number of hydrogen-bond acceptors (Lipinski definition) is 3. The number of para-hydroxylation sites is 2. The number of rotatable bonds is 2. The predicted molar refractivity (Wildman–Crippen MR) is 56.0 cm³/mol. The van der Waals surface area contributed by atoms with Crippen LogP contribution < -0.4 is 9.64 Å². The average molecular weight is 207 g/mol. The maximum absolute atomic E-state index is 11.6. The minimum atomic E-state index is -0.542. The van der Waals surface area contributed by atoms with Crippen LogP contribution in [0.3, 0.4) is 0 Å². The van der Waals surface area contributed by atoms with E-state index < -0.39 is 6.10 Å². The quantitative estimate of drug-likeness (QED) is 0.780. The number of anilines is 1. The molecule has 4 nitrogen and oxygen atoms in total. The third-order valence-corrected chi connectivity index (χ3v) is 2.26. The molecule has 80 valence electrons. The van der Waals surface area contributed by atoms with Crippen molar-refractivity contribution in [3.63, 3.8) is 0 Å². The summed E-state index contributed by atoms with van der Waals surface area (Å²) < 4.78 is 5.27. The number of aliphatic hydroxyl groups excluding tert-OH is 1. The van der Waals surface area contributed by atoms with Crippen LogP contribution in [0.4, 0.5) is 5.69 Å². The maximum Gasteiger partial charge on any atom is 0.265 e. The highest BCUT2D eigenvalue weighted by Gasteiger charge is 2.25. The summed E-state index contributed by atoms with van der Waals surface area (Å²) in [4.78, 5) is 13.1. The van der Waals surface area contributed by atoms with Gasteiger partial charge < -0.3 is 14.7 Å². The fraction of sp³-hybridized carbons (Fsp3) is 0.364. The van der Waals surface area contributed by atoms with E-state index in [1.54, 1.807) is 11.8 Å². The Hall–Kier alpha value is -1.55. The van der Waals surface area contributed by atoms with Crippen molar-refractivity contribution in [2.75, 3.05) is 18.1 Å². The summed E-state index contributed by atoms with van der Waals surface area (Å²) in [5.41, 5.74) is 0.731. The molecule has 1 aliphatic rings. The molecule has 0 saturated heterocycles.